The lowest BCUT2D eigenvalue weighted by molar-refractivity contribution is -0.118. The molecule has 0 bridgehead atoms. The van der Waals surface area contributed by atoms with Gasteiger partial charge >= 0.3 is 0 Å². The quantitative estimate of drug-likeness (QED) is 0.626. The van der Waals surface area contributed by atoms with E-state index in [-0.39, 0.29) is 10.8 Å². The second-order valence-electron chi connectivity index (χ2n) is 3.69. The van der Waals surface area contributed by atoms with Crippen molar-refractivity contribution < 1.29 is 17.8 Å². The molecule has 0 aliphatic carbocycles. The first-order chi connectivity index (χ1) is 8.41. The minimum atomic E-state index is -4.21. The number of carbonyl (C=O) groups is 1. The first kappa shape index (κ1) is 14.4. The van der Waals surface area contributed by atoms with Crippen LogP contribution in [0.3, 0.4) is 0 Å². The third-order valence-corrected chi connectivity index (χ3v) is 3.11. The molecule has 0 saturated heterocycles. The average Bonchev–Trinajstić information content (AvgIpc) is 2.27. The lowest BCUT2D eigenvalue weighted by Crippen LogP contribution is -2.20. The van der Waals surface area contributed by atoms with Crippen molar-refractivity contribution in [2.75, 3.05) is 6.54 Å². The number of benzene rings is 1. The summed E-state index contributed by atoms with van der Waals surface area (Å²) in [4.78, 5) is 10.5. The van der Waals surface area contributed by atoms with Crippen molar-refractivity contribution in [1.29, 1.82) is 0 Å². The van der Waals surface area contributed by atoms with Crippen molar-refractivity contribution in [1.82, 2.24) is 5.32 Å². The van der Waals surface area contributed by atoms with Crippen molar-refractivity contribution in [2.24, 2.45) is 0 Å². The number of rotatable bonds is 5. The maximum absolute atomic E-state index is 11.1. The Morgan fingerprint density at radius 3 is 2.67 bits per heavy atom. The van der Waals surface area contributed by atoms with Gasteiger partial charge in [-0.25, -0.2) is 0 Å². The molecule has 0 heterocycles. The molecule has 1 amide bonds. The fraction of sp³-hybridized carbons (Fsp3) is 0.250. The third kappa shape index (κ3) is 4.68. The van der Waals surface area contributed by atoms with Gasteiger partial charge in [0.1, 0.15) is 4.90 Å². The second kappa shape index (κ2) is 6.32. The van der Waals surface area contributed by atoms with Crippen molar-refractivity contribution in [3.8, 4) is 0 Å². The van der Waals surface area contributed by atoms with E-state index < -0.39 is 10.1 Å². The van der Waals surface area contributed by atoms with Gasteiger partial charge in [-0.1, -0.05) is 30.4 Å². The van der Waals surface area contributed by atoms with Crippen LogP contribution in [-0.2, 0) is 14.9 Å². The highest BCUT2D eigenvalue weighted by Crippen LogP contribution is 2.16. The summed E-state index contributed by atoms with van der Waals surface area (Å²) in [5.74, 6) is -0.110. The summed E-state index contributed by atoms with van der Waals surface area (Å²) in [6.07, 6.45) is 3.92. The van der Waals surface area contributed by atoms with Gasteiger partial charge in [0.05, 0.1) is 0 Å². The third-order valence-electron chi connectivity index (χ3n) is 2.18. The predicted octanol–water partition coefficient (Wildman–Crippen LogP) is 1.47. The Labute approximate surface area is 106 Å². The van der Waals surface area contributed by atoms with Crippen molar-refractivity contribution >= 4 is 22.1 Å². The van der Waals surface area contributed by atoms with E-state index in [1.807, 2.05) is 0 Å². The summed E-state index contributed by atoms with van der Waals surface area (Å²) < 4.78 is 31.2. The van der Waals surface area contributed by atoms with Gasteiger partial charge in [-0.15, -0.1) is 0 Å². The van der Waals surface area contributed by atoms with Crippen LogP contribution in [0.25, 0.3) is 6.08 Å². The van der Waals surface area contributed by atoms with Crippen LogP contribution in [0.2, 0.25) is 0 Å². The molecule has 1 aromatic rings. The Kier molecular flexibility index (Phi) is 5.06. The fourth-order valence-corrected chi connectivity index (χ4v) is 2.08. The summed E-state index contributed by atoms with van der Waals surface area (Å²) in [6.45, 7) is 1.91. The van der Waals surface area contributed by atoms with Crippen LogP contribution in [0.15, 0.2) is 35.2 Å². The number of amides is 1. The largest absolute Gasteiger partial charge is 0.356 e. The highest BCUT2D eigenvalue weighted by molar-refractivity contribution is 7.85. The minimum Gasteiger partial charge on any atom is -0.356 e. The van der Waals surface area contributed by atoms with Crippen LogP contribution in [-0.4, -0.2) is 25.4 Å². The van der Waals surface area contributed by atoms with Crippen LogP contribution in [0.5, 0.6) is 0 Å². The maximum Gasteiger partial charge on any atom is 0.295 e. The summed E-state index contributed by atoms with van der Waals surface area (Å²) in [5, 5.41) is 2.62. The van der Waals surface area contributed by atoms with Crippen molar-refractivity contribution in [2.45, 2.75) is 18.2 Å². The molecule has 6 heteroatoms. The van der Waals surface area contributed by atoms with Gasteiger partial charge < -0.3 is 5.32 Å². The topological polar surface area (TPSA) is 83.5 Å². The van der Waals surface area contributed by atoms with Crippen LogP contribution in [0.1, 0.15) is 18.9 Å². The van der Waals surface area contributed by atoms with Crippen molar-refractivity contribution in [3.05, 3.63) is 35.9 Å². The summed E-state index contributed by atoms with van der Waals surface area (Å²) in [6, 6.07) is 6.15. The normalized spacial score (nSPS) is 11.7. The standard InChI is InChI=1S/C12H15NO4S/c1-10(14)13-9-5-4-7-11-6-2-3-8-12(11)18(15,16)17/h2-4,6-8H,5,9H2,1H3,(H,13,14)(H,15,16,17). The number of hydrogen-bond donors (Lipinski definition) is 2. The molecule has 2 N–H and O–H groups in total. The molecular formula is C12H15NO4S. The van der Waals surface area contributed by atoms with E-state index in [1.54, 1.807) is 24.3 Å². The van der Waals surface area contributed by atoms with Crippen LogP contribution in [0.4, 0.5) is 0 Å². The Hall–Kier alpha value is -1.66. The highest BCUT2D eigenvalue weighted by Gasteiger charge is 2.12. The van der Waals surface area contributed by atoms with E-state index in [2.05, 4.69) is 5.32 Å². The minimum absolute atomic E-state index is 0.110. The monoisotopic (exact) mass is 269 g/mol. The summed E-state index contributed by atoms with van der Waals surface area (Å²) in [7, 11) is -4.21. The Morgan fingerprint density at radius 2 is 2.06 bits per heavy atom. The number of hydrogen-bond acceptors (Lipinski definition) is 3. The maximum atomic E-state index is 11.1. The van der Waals surface area contributed by atoms with Gasteiger partial charge in [-0.3, -0.25) is 9.35 Å². The fourth-order valence-electron chi connectivity index (χ4n) is 1.39. The molecule has 1 aromatic carbocycles. The Morgan fingerprint density at radius 1 is 1.39 bits per heavy atom. The highest BCUT2D eigenvalue weighted by atomic mass is 32.2. The molecule has 98 valence electrons. The molecule has 0 aromatic heterocycles. The van der Waals surface area contributed by atoms with Crippen LogP contribution in [0, 0.1) is 0 Å². The van der Waals surface area contributed by atoms with Gasteiger partial charge in [-0.2, -0.15) is 8.42 Å². The molecule has 0 spiro atoms. The van der Waals surface area contributed by atoms with E-state index in [0.717, 1.165) is 0 Å². The van der Waals surface area contributed by atoms with E-state index in [1.165, 1.54) is 19.1 Å². The zero-order chi connectivity index (χ0) is 13.6. The lowest BCUT2D eigenvalue weighted by atomic mass is 10.2. The molecule has 1 rings (SSSR count). The van der Waals surface area contributed by atoms with Crippen LogP contribution < -0.4 is 5.32 Å². The van der Waals surface area contributed by atoms with E-state index in [0.29, 0.717) is 18.5 Å². The molecule has 0 unspecified atom stereocenters. The molecule has 0 radical (unpaired) electrons. The zero-order valence-corrected chi connectivity index (χ0v) is 10.8. The average molecular weight is 269 g/mol. The van der Waals surface area contributed by atoms with E-state index in [9.17, 15) is 13.2 Å². The SMILES string of the molecule is CC(=O)NCCC=Cc1ccccc1S(=O)(=O)O. The Balaban J connectivity index is 2.73. The molecule has 0 saturated carbocycles. The smallest absolute Gasteiger partial charge is 0.295 e. The first-order valence-corrected chi connectivity index (χ1v) is 6.83. The predicted molar refractivity (Wildman–Crippen MR) is 68.6 cm³/mol. The molecule has 18 heavy (non-hydrogen) atoms. The first-order valence-electron chi connectivity index (χ1n) is 5.39. The lowest BCUT2D eigenvalue weighted by Gasteiger charge is -2.02. The van der Waals surface area contributed by atoms with Gasteiger partial charge in [0, 0.05) is 13.5 Å². The number of nitrogens with one attached hydrogen (secondary N) is 1. The van der Waals surface area contributed by atoms with E-state index in [4.69, 9.17) is 4.55 Å². The van der Waals surface area contributed by atoms with Gasteiger partial charge in [0.25, 0.3) is 10.1 Å². The number of carbonyl (C=O) groups excluding carboxylic acids is 1. The summed E-state index contributed by atoms with van der Waals surface area (Å²) in [5.41, 5.74) is 0.419. The molecule has 0 aliphatic heterocycles. The molecule has 0 fully saturated rings. The van der Waals surface area contributed by atoms with E-state index >= 15 is 0 Å². The van der Waals surface area contributed by atoms with Gasteiger partial charge in [0.15, 0.2) is 0 Å². The molecule has 0 atom stereocenters. The van der Waals surface area contributed by atoms with Crippen LogP contribution >= 0.6 is 0 Å². The van der Waals surface area contributed by atoms with Gasteiger partial charge in [-0.05, 0) is 18.1 Å². The zero-order valence-electron chi connectivity index (χ0n) is 9.96. The summed E-state index contributed by atoms with van der Waals surface area (Å²) >= 11 is 0. The van der Waals surface area contributed by atoms with Crippen molar-refractivity contribution in [3.63, 3.8) is 0 Å². The molecule has 0 aliphatic rings. The molecule has 5 nitrogen and oxygen atoms in total. The Bertz CT molecular complexity index is 549. The molecular weight excluding hydrogens is 254 g/mol. The van der Waals surface area contributed by atoms with Gasteiger partial charge in [0.2, 0.25) is 5.91 Å². The second-order valence-corrected chi connectivity index (χ2v) is 5.08.